The van der Waals surface area contributed by atoms with Crippen LogP contribution in [0.4, 0.5) is 0 Å². The lowest BCUT2D eigenvalue weighted by Crippen LogP contribution is -2.22. The molecule has 0 aliphatic carbocycles. The van der Waals surface area contributed by atoms with E-state index < -0.39 is 0 Å². The van der Waals surface area contributed by atoms with Crippen molar-refractivity contribution in [1.82, 2.24) is 10.3 Å². The Labute approximate surface area is 92.1 Å². The van der Waals surface area contributed by atoms with Crippen molar-refractivity contribution < 1.29 is 0 Å². The first-order valence-corrected chi connectivity index (χ1v) is 5.44. The highest BCUT2D eigenvalue weighted by molar-refractivity contribution is 5.23. The summed E-state index contributed by atoms with van der Waals surface area (Å²) in [5, 5.41) is 3.37. The molecule has 0 aliphatic heterocycles. The zero-order valence-electron chi connectivity index (χ0n) is 9.46. The summed E-state index contributed by atoms with van der Waals surface area (Å²) in [6, 6.07) is 4.28. The third kappa shape index (κ3) is 3.07. The molecule has 15 heavy (non-hydrogen) atoms. The summed E-state index contributed by atoms with van der Waals surface area (Å²) in [4.78, 5) is 4.43. The fourth-order valence-electron chi connectivity index (χ4n) is 1.69. The maximum atomic E-state index is 5.37. The normalized spacial score (nSPS) is 12.1. The Balaban J connectivity index is 2.94. The Bertz CT molecular complexity index is 339. The fraction of sp³-hybridized carbons (Fsp3) is 0.462. The summed E-state index contributed by atoms with van der Waals surface area (Å²) >= 11 is 0. The molecule has 0 spiro atoms. The number of hydrogen-bond donors (Lipinski definition) is 1. The SMILES string of the molecule is C#CCC(NCC)c1ncccc1CC. The molecule has 0 radical (unpaired) electrons. The fourth-order valence-corrected chi connectivity index (χ4v) is 1.69. The summed E-state index contributed by atoms with van der Waals surface area (Å²) in [5.41, 5.74) is 2.37. The van der Waals surface area contributed by atoms with Crippen molar-refractivity contribution in [2.24, 2.45) is 0 Å². The van der Waals surface area contributed by atoms with E-state index in [1.54, 1.807) is 0 Å². The lowest BCUT2D eigenvalue weighted by atomic mass is 10.0. The van der Waals surface area contributed by atoms with Crippen LogP contribution in [0, 0.1) is 12.3 Å². The molecule has 0 amide bonds. The monoisotopic (exact) mass is 202 g/mol. The average Bonchev–Trinajstić information content (AvgIpc) is 2.29. The van der Waals surface area contributed by atoms with E-state index in [4.69, 9.17) is 6.42 Å². The summed E-state index contributed by atoms with van der Waals surface area (Å²) < 4.78 is 0. The largest absolute Gasteiger partial charge is 0.308 e. The molecule has 2 heteroatoms. The molecule has 0 bridgehead atoms. The minimum atomic E-state index is 0.191. The van der Waals surface area contributed by atoms with E-state index in [1.807, 2.05) is 12.3 Å². The molecule has 0 saturated carbocycles. The van der Waals surface area contributed by atoms with Crippen molar-refractivity contribution in [3.8, 4) is 12.3 Å². The van der Waals surface area contributed by atoms with Gasteiger partial charge >= 0.3 is 0 Å². The third-order valence-corrected chi connectivity index (χ3v) is 2.41. The molecular formula is C13H18N2. The van der Waals surface area contributed by atoms with Crippen LogP contribution in [0.25, 0.3) is 0 Å². The highest BCUT2D eigenvalue weighted by atomic mass is 14.9. The second-order valence-electron chi connectivity index (χ2n) is 3.42. The van der Waals surface area contributed by atoms with Gasteiger partial charge in [-0.05, 0) is 24.6 Å². The van der Waals surface area contributed by atoms with Gasteiger partial charge in [0.25, 0.3) is 0 Å². The van der Waals surface area contributed by atoms with Gasteiger partial charge in [-0.2, -0.15) is 0 Å². The van der Waals surface area contributed by atoms with Crippen molar-refractivity contribution in [2.75, 3.05) is 6.54 Å². The van der Waals surface area contributed by atoms with E-state index in [-0.39, 0.29) is 6.04 Å². The average molecular weight is 202 g/mol. The van der Waals surface area contributed by atoms with Gasteiger partial charge in [-0.15, -0.1) is 12.3 Å². The van der Waals surface area contributed by atoms with Gasteiger partial charge in [0.2, 0.25) is 0 Å². The molecule has 1 atom stereocenters. The van der Waals surface area contributed by atoms with Crippen molar-refractivity contribution >= 4 is 0 Å². The minimum Gasteiger partial charge on any atom is -0.308 e. The lowest BCUT2D eigenvalue weighted by molar-refractivity contribution is 0.546. The smallest absolute Gasteiger partial charge is 0.0614 e. The van der Waals surface area contributed by atoms with Crippen LogP contribution in [0.15, 0.2) is 18.3 Å². The summed E-state index contributed by atoms with van der Waals surface area (Å²) in [6.45, 7) is 5.13. The predicted molar refractivity (Wildman–Crippen MR) is 63.5 cm³/mol. The van der Waals surface area contributed by atoms with Crippen LogP contribution in [-0.2, 0) is 6.42 Å². The predicted octanol–water partition coefficient (Wildman–Crippen LogP) is 2.32. The summed E-state index contributed by atoms with van der Waals surface area (Å²) in [6.07, 6.45) is 8.89. The third-order valence-electron chi connectivity index (χ3n) is 2.41. The molecular weight excluding hydrogens is 184 g/mol. The van der Waals surface area contributed by atoms with Gasteiger partial charge in [-0.3, -0.25) is 4.98 Å². The molecule has 1 heterocycles. The summed E-state index contributed by atoms with van der Waals surface area (Å²) in [7, 11) is 0. The molecule has 0 aliphatic rings. The maximum Gasteiger partial charge on any atom is 0.0614 e. The Hall–Kier alpha value is -1.33. The Morgan fingerprint density at radius 1 is 1.53 bits per heavy atom. The second kappa shape index (κ2) is 6.21. The van der Waals surface area contributed by atoms with Crippen molar-refractivity contribution in [1.29, 1.82) is 0 Å². The van der Waals surface area contributed by atoms with E-state index in [0.29, 0.717) is 6.42 Å². The highest BCUT2D eigenvalue weighted by Crippen LogP contribution is 2.18. The van der Waals surface area contributed by atoms with Gasteiger partial charge < -0.3 is 5.32 Å². The molecule has 80 valence electrons. The molecule has 0 aromatic carbocycles. The molecule has 1 unspecified atom stereocenters. The first-order chi connectivity index (χ1) is 7.33. The Morgan fingerprint density at radius 2 is 2.33 bits per heavy atom. The van der Waals surface area contributed by atoms with Crippen molar-refractivity contribution in [3.63, 3.8) is 0 Å². The minimum absolute atomic E-state index is 0.191. The van der Waals surface area contributed by atoms with Gasteiger partial charge in [0.15, 0.2) is 0 Å². The molecule has 2 nitrogen and oxygen atoms in total. The van der Waals surface area contributed by atoms with Crippen molar-refractivity contribution in [2.45, 2.75) is 32.7 Å². The zero-order valence-corrected chi connectivity index (χ0v) is 9.46. The van der Waals surface area contributed by atoms with Crippen LogP contribution >= 0.6 is 0 Å². The molecule has 1 N–H and O–H groups in total. The number of rotatable bonds is 5. The van der Waals surface area contributed by atoms with Crippen LogP contribution in [0.3, 0.4) is 0 Å². The second-order valence-corrected chi connectivity index (χ2v) is 3.42. The molecule has 0 fully saturated rings. The van der Waals surface area contributed by atoms with Crippen LogP contribution < -0.4 is 5.32 Å². The quantitative estimate of drug-likeness (QED) is 0.741. The number of terminal acetylenes is 1. The zero-order chi connectivity index (χ0) is 11.1. The lowest BCUT2D eigenvalue weighted by Gasteiger charge is -2.17. The number of nitrogens with one attached hydrogen (secondary N) is 1. The maximum absolute atomic E-state index is 5.37. The number of hydrogen-bond acceptors (Lipinski definition) is 2. The molecule has 1 rings (SSSR count). The van der Waals surface area contributed by atoms with Crippen molar-refractivity contribution in [3.05, 3.63) is 29.6 Å². The van der Waals surface area contributed by atoms with Gasteiger partial charge in [-0.1, -0.05) is 19.9 Å². The van der Waals surface area contributed by atoms with E-state index in [9.17, 15) is 0 Å². The highest BCUT2D eigenvalue weighted by Gasteiger charge is 2.13. The standard InChI is InChI=1S/C13H18N2/c1-4-8-12(14-6-3)13-11(5-2)9-7-10-15-13/h1,7,9-10,12,14H,5-6,8H2,2-3H3. The number of nitrogens with zero attached hydrogens (tertiary/aromatic N) is 1. The summed E-state index contributed by atoms with van der Waals surface area (Å²) in [5.74, 6) is 2.70. The van der Waals surface area contributed by atoms with E-state index in [1.165, 1.54) is 5.56 Å². The van der Waals surface area contributed by atoms with Gasteiger partial charge in [0.1, 0.15) is 0 Å². The molecule has 1 aromatic heterocycles. The first kappa shape index (κ1) is 11.7. The van der Waals surface area contributed by atoms with E-state index in [0.717, 1.165) is 18.7 Å². The Kier molecular flexibility index (Phi) is 4.86. The number of aryl methyl sites for hydroxylation is 1. The van der Waals surface area contributed by atoms with Crippen LogP contribution in [-0.4, -0.2) is 11.5 Å². The van der Waals surface area contributed by atoms with Crippen LogP contribution in [0.5, 0.6) is 0 Å². The van der Waals surface area contributed by atoms with Crippen LogP contribution in [0.1, 0.15) is 37.6 Å². The van der Waals surface area contributed by atoms with Gasteiger partial charge in [0.05, 0.1) is 11.7 Å². The van der Waals surface area contributed by atoms with E-state index >= 15 is 0 Å². The van der Waals surface area contributed by atoms with Crippen LogP contribution in [0.2, 0.25) is 0 Å². The van der Waals surface area contributed by atoms with Gasteiger partial charge in [-0.25, -0.2) is 0 Å². The molecule has 0 saturated heterocycles. The van der Waals surface area contributed by atoms with E-state index in [2.05, 4.69) is 36.1 Å². The first-order valence-electron chi connectivity index (χ1n) is 5.44. The Morgan fingerprint density at radius 3 is 2.93 bits per heavy atom. The number of pyridine rings is 1. The molecule has 1 aromatic rings. The number of aromatic nitrogens is 1. The van der Waals surface area contributed by atoms with Gasteiger partial charge in [0, 0.05) is 12.6 Å². The topological polar surface area (TPSA) is 24.9 Å².